The Morgan fingerprint density at radius 2 is 1.94 bits per heavy atom. The summed E-state index contributed by atoms with van der Waals surface area (Å²) in [6.45, 7) is 6.72. The molecule has 2 heterocycles. The van der Waals surface area contributed by atoms with Crippen LogP contribution in [0.1, 0.15) is 25.5 Å². The predicted octanol–water partition coefficient (Wildman–Crippen LogP) is 2.52. The number of hydrogen-bond acceptors (Lipinski definition) is 2. The number of rotatable bonds is 2. The molecule has 0 bridgehead atoms. The Labute approximate surface area is 108 Å². The summed E-state index contributed by atoms with van der Waals surface area (Å²) in [6, 6.07) is 3.86. The molecule has 0 spiro atoms. The second-order valence-electron chi connectivity index (χ2n) is 4.28. The van der Waals surface area contributed by atoms with Gasteiger partial charge in [-0.05, 0) is 38.5 Å². The number of aromatic nitrogens is 3. The molecule has 2 aromatic rings. The maximum absolute atomic E-state index is 11.9. The van der Waals surface area contributed by atoms with Gasteiger partial charge in [-0.2, -0.15) is 5.10 Å². The zero-order valence-electron chi connectivity index (χ0n) is 10.7. The van der Waals surface area contributed by atoms with Crippen LogP contribution in [0.2, 0.25) is 0 Å². The van der Waals surface area contributed by atoms with Crippen molar-refractivity contribution in [1.29, 1.82) is 0 Å². The highest BCUT2D eigenvalue weighted by atomic mass is 16.1. The third-order valence-corrected chi connectivity index (χ3v) is 2.99. The smallest absolute Gasteiger partial charge is 0.253 e. The summed E-state index contributed by atoms with van der Waals surface area (Å²) in [6.07, 6.45) is 1.93. The van der Waals surface area contributed by atoms with Gasteiger partial charge in [-0.25, -0.2) is 0 Å². The lowest BCUT2D eigenvalue weighted by molar-refractivity contribution is 0.660. The van der Waals surface area contributed by atoms with Crippen LogP contribution >= 0.6 is 0 Å². The Bertz CT molecular complexity index is 608. The molecule has 0 aliphatic carbocycles. The molecule has 0 radical (unpaired) electrons. The summed E-state index contributed by atoms with van der Waals surface area (Å²) >= 11 is 0. The minimum Gasteiger partial charge on any atom is -0.309 e. The third kappa shape index (κ3) is 2.23. The summed E-state index contributed by atoms with van der Waals surface area (Å²) in [5.41, 5.74) is 3.63. The number of hydrogen-bond donors (Lipinski definition) is 0. The van der Waals surface area contributed by atoms with E-state index in [1.54, 1.807) is 11.6 Å². The van der Waals surface area contributed by atoms with E-state index in [2.05, 4.69) is 5.10 Å². The highest BCUT2D eigenvalue weighted by Gasteiger charge is 2.11. The second-order valence-corrected chi connectivity index (χ2v) is 4.28. The first-order chi connectivity index (χ1) is 8.04. The van der Waals surface area contributed by atoms with Crippen LogP contribution in [0.5, 0.6) is 0 Å². The largest absolute Gasteiger partial charge is 0.309 e. The lowest BCUT2D eigenvalue weighted by atomic mass is 10.1. The second kappa shape index (κ2) is 5.21. The summed E-state index contributed by atoms with van der Waals surface area (Å²) in [7, 11) is 1.79. The van der Waals surface area contributed by atoms with Crippen molar-refractivity contribution in [1.82, 2.24) is 14.3 Å². The van der Waals surface area contributed by atoms with Crippen LogP contribution in [0, 0.1) is 13.8 Å². The normalized spacial score (nSPS) is 10.2. The molecule has 0 saturated carbocycles. The fourth-order valence-electron chi connectivity index (χ4n) is 2.12. The zero-order chi connectivity index (χ0) is 12.6. The van der Waals surface area contributed by atoms with Gasteiger partial charge in [0.2, 0.25) is 0 Å². The Hall–Kier alpha value is -1.84. The number of pyridine rings is 1. The van der Waals surface area contributed by atoms with Gasteiger partial charge in [0.05, 0.1) is 5.69 Å². The van der Waals surface area contributed by atoms with E-state index in [9.17, 15) is 4.79 Å². The Morgan fingerprint density at radius 3 is 2.50 bits per heavy atom. The summed E-state index contributed by atoms with van der Waals surface area (Å²) < 4.78 is 3.53. The molecule has 2 rings (SSSR count). The van der Waals surface area contributed by atoms with Gasteiger partial charge < -0.3 is 4.57 Å². The molecule has 4 heteroatoms. The zero-order valence-corrected chi connectivity index (χ0v) is 10.7. The molecule has 98 valence electrons. The van der Waals surface area contributed by atoms with Gasteiger partial charge in [-0.1, -0.05) is 7.43 Å². The van der Waals surface area contributed by atoms with Crippen LogP contribution < -0.4 is 5.56 Å². The van der Waals surface area contributed by atoms with E-state index >= 15 is 0 Å². The van der Waals surface area contributed by atoms with Crippen molar-refractivity contribution >= 4 is 0 Å². The molecule has 0 aromatic carbocycles. The highest BCUT2D eigenvalue weighted by molar-refractivity contribution is 5.59. The molecule has 0 aliphatic rings. The van der Waals surface area contributed by atoms with E-state index in [4.69, 9.17) is 0 Å². The molecule has 0 amide bonds. The van der Waals surface area contributed by atoms with Crippen molar-refractivity contribution in [3.05, 3.63) is 39.8 Å². The molecule has 18 heavy (non-hydrogen) atoms. The van der Waals surface area contributed by atoms with Crippen molar-refractivity contribution in [3.63, 3.8) is 0 Å². The lowest BCUT2D eigenvalue weighted by Gasteiger charge is -2.10. The van der Waals surface area contributed by atoms with Crippen LogP contribution in [0.25, 0.3) is 11.4 Å². The first-order valence-electron chi connectivity index (χ1n) is 5.75. The molecule has 0 unspecified atom stereocenters. The molecule has 4 nitrogen and oxygen atoms in total. The van der Waals surface area contributed by atoms with Crippen LogP contribution in [-0.2, 0) is 13.6 Å². The van der Waals surface area contributed by atoms with Crippen LogP contribution in [-0.4, -0.2) is 14.3 Å². The van der Waals surface area contributed by atoms with Crippen molar-refractivity contribution in [3.8, 4) is 11.4 Å². The number of nitrogens with zero attached hydrogens (tertiary/aromatic N) is 3. The van der Waals surface area contributed by atoms with E-state index in [1.165, 1.54) is 0 Å². The van der Waals surface area contributed by atoms with E-state index in [0.717, 1.165) is 29.1 Å². The first-order valence-corrected chi connectivity index (χ1v) is 5.75. The molecule has 2 aromatic heterocycles. The van der Waals surface area contributed by atoms with Gasteiger partial charge >= 0.3 is 0 Å². The predicted molar refractivity (Wildman–Crippen MR) is 74.8 cm³/mol. The fraction of sp³-hybridized carbons (Fsp3) is 0.429. The quantitative estimate of drug-likeness (QED) is 0.818. The molecule has 0 aliphatic heterocycles. The average molecular weight is 247 g/mol. The van der Waals surface area contributed by atoms with Gasteiger partial charge in [-0.3, -0.25) is 9.48 Å². The Kier molecular flexibility index (Phi) is 4.11. The topological polar surface area (TPSA) is 39.8 Å². The Balaban J connectivity index is 0.00000162. The van der Waals surface area contributed by atoms with Gasteiger partial charge in [0.15, 0.2) is 0 Å². The summed E-state index contributed by atoms with van der Waals surface area (Å²) in [5.74, 6) is 0. The lowest BCUT2D eigenvalue weighted by Crippen LogP contribution is -2.21. The van der Waals surface area contributed by atoms with E-state index in [1.807, 2.05) is 43.8 Å². The highest BCUT2D eigenvalue weighted by Crippen LogP contribution is 2.19. The SMILES string of the molecule is C.CCn1ccc(-c2c(C)cc(C)c(=O)n2C)n1. The Morgan fingerprint density at radius 1 is 1.28 bits per heavy atom. The maximum atomic E-state index is 11.9. The van der Waals surface area contributed by atoms with E-state index < -0.39 is 0 Å². The van der Waals surface area contributed by atoms with Gasteiger partial charge in [-0.15, -0.1) is 0 Å². The minimum atomic E-state index is 0. The van der Waals surface area contributed by atoms with Crippen molar-refractivity contribution < 1.29 is 0 Å². The van der Waals surface area contributed by atoms with Gasteiger partial charge in [0.25, 0.3) is 5.56 Å². The molecule has 0 fully saturated rings. The van der Waals surface area contributed by atoms with E-state index in [0.29, 0.717) is 0 Å². The van der Waals surface area contributed by atoms with Crippen LogP contribution in [0.3, 0.4) is 0 Å². The van der Waals surface area contributed by atoms with Crippen molar-refractivity contribution in [2.75, 3.05) is 0 Å². The standard InChI is InChI=1S/C13H17N3O.CH4/c1-5-16-7-6-11(14-16)12-9(2)8-10(3)13(17)15(12)4;/h6-8H,5H2,1-4H3;1H4. The first kappa shape index (κ1) is 14.2. The van der Waals surface area contributed by atoms with Crippen molar-refractivity contribution in [2.45, 2.75) is 34.7 Å². The molecule has 0 N–H and O–H groups in total. The summed E-state index contributed by atoms with van der Waals surface area (Å²) in [5, 5.41) is 4.45. The van der Waals surface area contributed by atoms with Crippen LogP contribution in [0.4, 0.5) is 0 Å². The summed E-state index contributed by atoms with van der Waals surface area (Å²) in [4.78, 5) is 11.9. The fourth-order valence-corrected chi connectivity index (χ4v) is 2.12. The van der Waals surface area contributed by atoms with E-state index in [-0.39, 0.29) is 13.0 Å². The maximum Gasteiger partial charge on any atom is 0.253 e. The van der Waals surface area contributed by atoms with Crippen molar-refractivity contribution in [2.24, 2.45) is 7.05 Å². The van der Waals surface area contributed by atoms with Gasteiger partial charge in [0, 0.05) is 25.4 Å². The van der Waals surface area contributed by atoms with Crippen LogP contribution in [0.15, 0.2) is 23.1 Å². The van der Waals surface area contributed by atoms with Gasteiger partial charge in [0.1, 0.15) is 5.69 Å². The average Bonchev–Trinajstić information content (AvgIpc) is 2.74. The molecule has 0 atom stereocenters. The molecular formula is C14H21N3O. The molecule has 0 saturated heterocycles. The number of aryl methyl sites for hydroxylation is 3. The third-order valence-electron chi connectivity index (χ3n) is 2.99. The minimum absolute atomic E-state index is 0. The molecular weight excluding hydrogens is 226 g/mol. The monoisotopic (exact) mass is 247 g/mol.